The zero-order chi connectivity index (χ0) is 14.9. The highest BCUT2D eigenvalue weighted by Gasteiger charge is 2.44. The lowest BCUT2D eigenvalue weighted by atomic mass is 10.1. The van der Waals surface area contributed by atoms with Gasteiger partial charge in [-0.05, 0) is 6.42 Å². The number of hydrogen-bond donors (Lipinski definition) is 4. The molecular formula is C12H18N2O6. The minimum atomic E-state index is -1.36. The lowest BCUT2D eigenvalue weighted by molar-refractivity contribution is -0.0563. The number of aliphatic hydroxyl groups is 3. The zero-order valence-electron chi connectivity index (χ0n) is 11.0. The predicted octanol–water partition coefficient (Wildman–Crippen LogP) is -1.90. The second-order valence-corrected chi connectivity index (χ2v) is 4.78. The van der Waals surface area contributed by atoms with Crippen LogP contribution < -0.4 is 11.2 Å². The Labute approximate surface area is 114 Å². The van der Waals surface area contributed by atoms with Crippen molar-refractivity contribution in [2.24, 2.45) is 0 Å². The molecule has 0 amide bonds. The third kappa shape index (κ3) is 2.55. The smallest absolute Gasteiger partial charge is 0.330 e. The monoisotopic (exact) mass is 286 g/mol. The molecule has 0 radical (unpaired) electrons. The van der Waals surface area contributed by atoms with Gasteiger partial charge < -0.3 is 20.1 Å². The van der Waals surface area contributed by atoms with Crippen molar-refractivity contribution in [1.29, 1.82) is 0 Å². The highest BCUT2D eigenvalue weighted by Crippen LogP contribution is 2.28. The molecule has 0 aliphatic carbocycles. The van der Waals surface area contributed by atoms with Gasteiger partial charge in [-0.3, -0.25) is 14.3 Å². The van der Waals surface area contributed by atoms with E-state index in [1.165, 1.54) is 6.07 Å². The maximum absolute atomic E-state index is 11.9. The van der Waals surface area contributed by atoms with Crippen LogP contribution in [0.1, 0.15) is 25.3 Å². The van der Waals surface area contributed by atoms with Gasteiger partial charge in [0.05, 0.1) is 6.61 Å². The highest BCUT2D eigenvalue weighted by molar-refractivity contribution is 5.05. The number of rotatable bonds is 4. The van der Waals surface area contributed by atoms with E-state index < -0.39 is 42.4 Å². The van der Waals surface area contributed by atoms with Crippen molar-refractivity contribution in [2.45, 2.75) is 44.3 Å². The van der Waals surface area contributed by atoms with E-state index in [9.17, 15) is 19.8 Å². The van der Waals surface area contributed by atoms with E-state index in [2.05, 4.69) is 4.98 Å². The Balaban J connectivity index is 2.47. The Hall–Kier alpha value is -1.48. The molecule has 0 unspecified atom stereocenters. The standard InChI is InChI=1S/C12H18N2O6/c1-2-3-6-4-8(16)13-12(19)14(6)11-10(18)9(17)7(5-15)20-11/h4,7,9-11,15,17-18H,2-3,5H2,1H3,(H,13,16,19)/t7-,9-,10-,11-/m1/s1. The summed E-state index contributed by atoms with van der Waals surface area (Å²) in [7, 11) is 0. The van der Waals surface area contributed by atoms with Gasteiger partial charge in [-0.1, -0.05) is 13.3 Å². The van der Waals surface area contributed by atoms with Crippen molar-refractivity contribution < 1.29 is 20.1 Å². The fourth-order valence-corrected chi connectivity index (χ4v) is 2.37. The number of aliphatic hydroxyl groups excluding tert-OH is 3. The van der Waals surface area contributed by atoms with Crippen LogP contribution in [0.4, 0.5) is 0 Å². The number of aryl methyl sites for hydroxylation is 1. The number of aromatic nitrogens is 2. The maximum atomic E-state index is 11.9. The molecule has 0 aromatic carbocycles. The largest absolute Gasteiger partial charge is 0.394 e. The van der Waals surface area contributed by atoms with E-state index in [1.54, 1.807) is 0 Å². The van der Waals surface area contributed by atoms with E-state index in [0.717, 1.165) is 4.57 Å². The van der Waals surface area contributed by atoms with Crippen molar-refractivity contribution in [3.63, 3.8) is 0 Å². The molecule has 4 N–H and O–H groups in total. The van der Waals surface area contributed by atoms with Gasteiger partial charge in [0.15, 0.2) is 6.23 Å². The molecule has 8 nitrogen and oxygen atoms in total. The summed E-state index contributed by atoms with van der Waals surface area (Å²) in [6.07, 6.45) is -3.61. The van der Waals surface area contributed by atoms with Crippen molar-refractivity contribution in [3.05, 3.63) is 32.6 Å². The van der Waals surface area contributed by atoms with E-state index >= 15 is 0 Å². The van der Waals surface area contributed by atoms with Gasteiger partial charge in [0.1, 0.15) is 18.3 Å². The minimum absolute atomic E-state index is 0.413. The van der Waals surface area contributed by atoms with Crippen LogP contribution in [0.15, 0.2) is 15.7 Å². The Kier molecular flexibility index (Phi) is 4.39. The molecule has 1 saturated heterocycles. The Morgan fingerprint density at radius 2 is 2.05 bits per heavy atom. The average molecular weight is 286 g/mol. The normalized spacial score (nSPS) is 29.8. The lowest BCUT2D eigenvalue weighted by Crippen LogP contribution is -2.39. The third-order valence-corrected chi connectivity index (χ3v) is 3.33. The Morgan fingerprint density at radius 3 is 2.60 bits per heavy atom. The Morgan fingerprint density at radius 1 is 1.35 bits per heavy atom. The molecule has 0 spiro atoms. The molecule has 1 aliphatic rings. The van der Waals surface area contributed by atoms with E-state index in [4.69, 9.17) is 9.84 Å². The third-order valence-electron chi connectivity index (χ3n) is 3.33. The number of nitrogens with zero attached hydrogens (tertiary/aromatic N) is 1. The van der Waals surface area contributed by atoms with Gasteiger partial charge in [0.25, 0.3) is 5.56 Å². The predicted molar refractivity (Wildman–Crippen MR) is 68.3 cm³/mol. The highest BCUT2D eigenvalue weighted by atomic mass is 16.6. The van der Waals surface area contributed by atoms with Gasteiger partial charge in [-0.2, -0.15) is 0 Å². The van der Waals surface area contributed by atoms with Crippen molar-refractivity contribution in [1.82, 2.24) is 9.55 Å². The molecule has 1 aliphatic heterocycles. The fraction of sp³-hybridized carbons (Fsp3) is 0.667. The van der Waals surface area contributed by atoms with Crippen LogP contribution in [-0.2, 0) is 11.2 Å². The molecule has 1 aromatic heterocycles. The van der Waals surface area contributed by atoms with Crippen molar-refractivity contribution in [2.75, 3.05) is 6.61 Å². The molecule has 4 atom stereocenters. The van der Waals surface area contributed by atoms with Gasteiger partial charge in [0, 0.05) is 11.8 Å². The van der Waals surface area contributed by atoms with Gasteiger partial charge in [-0.25, -0.2) is 4.79 Å². The van der Waals surface area contributed by atoms with Crippen LogP contribution in [0.3, 0.4) is 0 Å². The topological polar surface area (TPSA) is 125 Å². The van der Waals surface area contributed by atoms with Crippen LogP contribution in [0.25, 0.3) is 0 Å². The first-order chi connectivity index (χ1) is 9.49. The van der Waals surface area contributed by atoms with Crippen LogP contribution in [0, 0.1) is 0 Å². The molecule has 2 rings (SSSR count). The van der Waals surface area contributed by atoms with Crippen LogP contribution in [0.2, 0.25) is 0 Å². The number of ether oxygens (including phenoxy) is 1. The Bertz CT molecular complexity index is 580. The molecule has 1 fully saturated rings. The average Bonchev–Trinajstić information content (AvgIpc) is 2.66. The molecule has 0 saturated carbocycles. The van der Waals surface area contributed by atoms with E-state index in [-0.39, 0.29) is 0 Å². The first kappa shape index (κ1) is 14.9. The molecular weight excluding hydrogens is 268 g/mol. The fourth-order valence-electron chi connectivity index (χ4n) is 2.37. The van der Waals surface area contributed by atoms with Crippen LogP contribution in [0.5, 0.6) is 0 Å². The summed E-state index contributed by atoms with van der Waals surface area (Å²) < 4.78 is 6.44. The summed E-state index contributed by atoms with van der Waals surface area (Å²) in [4.78, 5) is 25.4. The zero-order valence-corrected chi connectivity index (χ0v) is 11.0. The summed E-state index contributed by atoms with van der Waals surface area (Å²) in [5.41, 5.74) is -0.826. The second kappa shape index (κ2) is 5.88. The van der Waals surface area contributed by atoms with Gasteiger partial charge in [0.2, 0.25) is 0 Å². The van der Waals surface area contributed by atoms with E-state index in [0.29, 0.717) is 18.5 Å². The molecule has 20 heavy (non-hydrogen) atoms. The summed E-state index contributed by atoms with van der Waals surface area (Å²) in [6, 6.07) is 1.26. The van der Waals surface area contributed by atoms with Gasteiger partial charge in [-0.15, -0.1) is 0 Å². The maximum Gasteiger partial charge on any atom is 0.330 e. The minimum Gasteiger partial charge on any atom is -0.394 e. The SMILES string of the molecule is CCCc1cc(=O)[nH]c(=O)n1[C@@H]1O[C@H](CO)[C@@H](O)[C@H]1O. The number of hydrogen-bond acceptors (Lipinski definition) is 6. The molecule has 1 aromatic rings. The second-order valence-electron chi connectivity index (χ2n) is 4.78. The summed E-state index contributed by atoms with van der Waals surface area (Å²) >= 11 is 0. The van der Waals surface area contributed by atoms with Crippen LogP contribution in [-0.4, -0.2) is 49.8 Å². The van der Waals surface area contributed by atoms with E-state index in [1.807, 2.05) is 6.92 Å². The molecule has 112 valence electrons. The molecule has 0 bridgehead atoms. The van der Waals surface area contributed by atoms with Crippen molar-refractivity contribution >= 4 is 0 Å². The van der Waals surface area contributed by atoms with Gasteiger partial charge >= 0.3 is 5.69 Å². The quantitative estimate of drug-likeness (QED) is 0.512. The molecule has 8 heteroatoms. The number of nitrogens with one attached hydrogen (secondary N) is 1. The lowest BCUT2D eigenvalue weighted by Gasteiger charge is -2.20. The first-order valence-electron chi connectivity index (χ1n) is 6.46. The van der Waals surface area contributed by atoms with Crippen molar-refractivity contribution in [3.8, 4) is 0 Å². The summed E-state index contributed by atoms with van der Waals surface area (Å²) in [5, 5.41) is 28.8. The number of H-pyrrole nitrogens is 1. The first-order valence-corrected chi connectivity index (χ1v) is 6.46. The summed E-state index contributed by atoms with van der Waals surface area (Å²) in [5.74, 6) is 0. The van der Waals surface area contributed by atoms with Crippen LogP contribution >= 0.6 is 0 Å². The summed E-state index contributed by atoms with van der Waals surface area (Å²) in [6.45, 7) is 1.41. The number of aromatic amines is 1. The molecule has 2 heterocycles.